The predicted octanol–water partition coefficient (Wildman–Crippen LogP) is 0.788. The Bertz CT molecular complexity index is 478. The zero-order valence-corrected chi connectivity index (χ0v) is 12.4. The number of imidazole rings is 1. The third kappa shape index (κ3) is 2.32. The second kappa shape index (κ2) is 5.21. The highest BCUT2D eigenvalue weighted by molar-refractivity contribution is 5.99. The minimum atomic E-state index is -0.0404. The van der Waals surface area contributed by atoms with Gasteiger partial charge in [-0.3, -0.25) is 9.69 Å². The van der Waals surface area contributed by atoms with E-state index in [1.165, 1.54) is 0 Å². The molecule has 6 heteroatoms. The number of rotatable bonds is 4. The van der Waals surface area contributed by atoms with E-state index in [9.17, 15) is 4.79 Å². The van der Waals surface area contributed by atoms with Crippen LogP contribution in [-0.4, -0.2) is 46.7 Å². The summed E-state index contributed by atoms with van der Waals surface area (Å²) in [4.78, 5) is 21.0. The fourth-order valence-electron chi connectivity index (χ4n) is 2.36. The normalized spacial score (nSPS) is 18.7. The summed E-state index contributed by atoms with van der Waals surface area (Å²) >= 11 is 0. The van der Waals surface area contributed by atoms with Gasteiger partial charge in [0, 0.05) is 14.1 Å². The number of hydrogen-bond acceptors (Lipinski definition) is 4. The van der Waals surface area contributed by atoms with E-state index in [0.717, 1.165) is 31.3 Å². The van der Waals surface area contributed by atoms with E-state index in [0.29, 0.717) is 5.69 Å². The lowest BCUT2D eigenvalue weighted by molar-refractivity contribution is 0.0923. The molecule has 2 rings (SSSR count). The molecule has 1 aliphatic heterocycles. The fourth-order valence-corrected chi connectivity index (χ4v) is 2.36. The first kappa shape index (κ1) is 13.9. The van der Waals surface area contributed by atoms with Crippen molar-refractivity contribution in [3.05, 3.63) is 11.5 Å². The molecule has 1 unspecified atom stereocenters. The minimum absolute atomic E-state index is 0.0174. The molecule has 0 saturated heterocycles. The molecule has 1 aromatic rings. The number of nitrogens with zero attached hydrogens (tertiary/aromatic N) is 4. The summed E-state index contributed by atoms with van der Waals surface area (Å²) in [5.41, 5.74) is 0.655. The first-order valence-electron chi connectivity index (χ1n) is 6.81. The zero-order valence-electron chi connectivity index (χ0n) is 12.4. The van der Waals surface area contributed by atoms with Crippen LogP contribution in [0, 0.1) is 0 Å². The highest BCUT2D eigenvalue weighted by atomic mass is 16.2. The van der Waals surface area contributed by atoms with E-state index >= 15 is 0 Å². The molecule has 0 aromatic carbocycles. The van der Waals surface area contributed by atoms with Gasteiger partial charge < -0.3 is 14.8 Å². The average Bonchev–Trinajstić information content (AvgIpc) is 2.71. The molecular formula is C13H23N5O. The number of amides is 1. The lowest BCUT2D eigenvalue weighted by Gasteiger charge is -2.30. The topological polar surface area (TPSA) is 53.4 Å². The Labute approximate surface area is 114 Å². The fraction of sp³-hybridized carbons (Fsp3) is 0.692. The van der Waals surface area contributed by atoms with Crippen LogP contribution >= 0.6 is 0 Å². The van der Waals surface area contributed by atoms with Crippen LogP contribution in [-0.2, 0) is 13.6 Å². The summed E-state index contributed by atoms with van der Waals surface area (Å²) in [7, 11) is 3.87. The number of anilines is 1. The number of carbonyl (C=O) groups is 1. The molecule has 6 nitrogen and oxygen atoms in total. The molecule has 106 valence electrons. The first-order chi connectivity index (χ1) is 8.99. The number of aromatic nitrogens is 2. The molecule has 1 aliphatic rings. The van der Waals surface area contributed by atoms with Gasteiger partial charge >= 0.3 is 0 Å². The Hall–Kier alpha value is -1.56. The van der Waals surface area contributed by atoms with E-state index in [1.807, 2.05) is 30.5 Å². The average molecular weight is 265 g/mol. The molecule has 2 heterocycles. The molecule has 1 aromatic heterocycles. The SMILES string of the molecule is CCN(CC)Cc1nc2c(n1C)C(=O)NC(C)N2C. The number of nitrogens with one attached hydrogen (secondary N) is 1. The standard InChI is InChI=1S/C13H23N5O/c1-6-18(7-2)8-10-15-12-11(17(10)5)13(19)14-9(3)16(12)4/h9H,6-8H2,1-5H3,(H,14,19). The number of fused-ring (bicyclic) bond motifs is 1. The molecule has 19 heavy (non-hydrogen) atoms. The summed E-state index contributed by atoms with van der Waals surface area (Å²) in [6.45, 7) is 8.95. The van der Waals surface area contributed by atoms with Crippen LogP contribution in [0.4, 0.5) is 5.82 Å². The maximum Gasteiger partial charge on any atom is 0.273 e. The highest BCUT2D eigenvalue weighted by Crippen LogP contribution is 2.25. The van der Waals surface area contributed by atoms with Gasteiger partial charge in [-0.25, -0.2) is 4.98 Å². The second-order valence-corrected chi connectivity index (χ2v) is 4.98. The van der Waals surface area contributed by atoms with Gasteiger partial charge in [0.05, 0.1) is 12.7 Å². The van der Waals surface area contributed by atoms with Gasteiger partial charge in [0.1, 0.15) is 5.82 Å². The van der Waals surface area contributed by atoms with Crippen molar-refractivity contribution >= 4 is 11.7 Å². The van der Waals surface area contributed by atoms with Crippen LogP contribution < -0.4 is 10.2 Å². The number of hydrogen-bond donors (Lipinski definition) is 1. The predicted molar refractivity (Wildman–Crippen MR) is 75.2 cm³/mol. The second-order valence-electron chi connectivity index (χ2n) is 4.98. The van der Waals surface area contributed by atoms with Gasteiger partial charge in [0.15, 0.2) is 11.5 Å². The van der Waals surface area contributed by atoms with Gasteiger partial charge in [-0.05, 0) is 20.0 Å². The van der Waals surface area contributed by atoms with Crippen LogP contribution in [0.25, 0.3) is 0 Å². The third-order valence-corrected chi connectivity index (χ3v) is 3.90. The minimum Gasteiger partial charge on any atom is -0.338 e. The lowest BCUT2D eigenvalue weighted by Crippen LogP contribution is -2.49. The molecule has 0 radical (unpaired) electrons. The Balaban J connectivity index is 2.37. The number of carbonyl (C=O) groups excluding carboxylic acids is 1. The van der Waals surface area contributed by atoms with Crippen molar-refractivity contribution in [1.29, 1.82) is 0 Å². The van der Waals surface area contributed by atoms with Gasteiger partial charge in [-0.1, -0.05) is 13.8 Å². The summed E-state index contributed by atoms with van der Waals surface area (Å²) in [5, 5.41) is 2.93. The molecule has 0 spiro atoms. The van der Waals surface area contributed by atoms with Crippen LogP contribution in [0.15, 0.2) is 0 Å². The van der Waals surface area contributed by atoms with Crippen molar-refractivity contribution in [2.24, 2.45) is 7.05 Å². The van der Waals surface area contributed by atoms with Crippen molar-refractivity contribution < 1.29 is 4.79 Å². The summed E-state index contributed by atoms with van der Waals surface area (Å²) < 4.78 is 1.91. The van der Waals surface area contributed by atoms with Crippen LogP contribution in [0.2, 0.25) is 0 Å². The van der Waals surface area contributed by atoms with Crippen molar-refractivity contribution in [2.75, 3.05) is 25.0 Å². The molecule has 1 amide bonds. The highest BCUT2D eigenvalue weighted by Gasteiger charge is 2.31. The van der Waals surface area contributed by atoms with Gasteiger partial charge in [0.25, 0.3) is 5.91 Å². The Morgan fingerprint density at radius 3 is 2.53 bits per heavy atom. The summed E-state index contributed by atoms with van der Waals surface area (Å²) in [6, 6.07) is 0. The van der Waals surface area contributed by atoms with E-state index < -0.39 is 0 Å². The van der Waals surface area contributed by atoms with Crippen molar-refractivity contribution in [2.45, 2.75) is 33.5 Å². The van der Waals surface area contributed by atoms with Gasteiger partial charge in [0.2, 0.25) is 0 Å². The molecule has 0 fully saturated rings. The molecule has 1 N–H and O–H groups in total. The van der Waals surface area contributed by atoms with E-state index in [2.05, 4.69) is 29.0 Å². The third-order valence-electron chi connectivity index (χ3n) is 3.90. The quantitative estimate of drug-likeness (QED) is 0.874. The molecular weight excluding hydrogens is 242 g/mol. The lowest BCUT2D eigenvalue weighted by atomic mass is 10.3. The molecule has 0 aliphatic carbocycles. The van der Waals surface area contributed by atoms with Crippen molar-refractivity contribution in [3.63, 3.8) is 0 Å². The zero-order chi connectivity index (χ0) is 14.2. The van der Waals surface area contributed by atoms with Crippen molar-refractivity contribution in [3.8, 4) is 0 Å². The van der Waals surface area contributed by atoms with E-state index in [-0.39, 0.29) is 12.1 Å². The van der Waals surface area contributed by atoms with Crippen LogP contribution in [0.1, 0.15) is 37.1 Å². The van der Waals surface area contributed by atoms with Gasteiger partial charge in [-0.2, -0.15) is 0 Å². The largest absolute Gasteiger partial charge is 0.338 e. The maximum atomic E-state index is 12.1. The summed E-state index contributed by atoms with van der Waals surface area (Å²) in [6.07, 6.45) is -0.0174. The van der Waals surface area contributed by atoms with E-state index in [4.69, 9.17) is 0 Å². The van der Waals surface area contributed by atoms with Crippen LogP contribution in [0.5, 0.6) is 0 Å². The van der Waals surface area contributed by atoms with Crippen molar-refractivity contribution in [1.82, 2.24) is 19.8 Å². The molecule has 0 bridgehead atoms. The van der Waals surface area contributed by atoms with Gasteiger partial charge in [-0.15, -0.1) is 0 Å². The Morgan fingerprint density at radius 1 is 1.32 bits per heavy atom. The van der Waals surface area contributed by atoms with E-state index in [1.54, 1.807) is 0 Å². The monoisotopic (exact) mass is 265 g/mol. The molecule has 0 saturated carbocycles. The van der Waals surface area contributed by atoms with Crippen LogP contribution in [0.3, 0.4) is 0 Å². The first-order valence-corrected chi connectivity index (χ1v) is 6.81. The Kier molecular flexibility index (Phi) is 3.80. The summed E-state index contributed by atoms with van der Waals surface area (Å²) in [5.74, 6) is 1.67. The smallest absolute Gasteiger partial charge is 0.273 e. The maximum absolute atomic E-state index is 12.1. The Morgan fingerprint density at radius 2 is 1.95 bits per heavy atom. The molecule has 1 atom stereocenters.